The van der Waals surface area contributed by atoms with Crippen molar-refractivity contribution in [1.29, 1.82) is 0 Å². The van der Waals surface area contributed by atoms with Crippen LogP contribution in [0.3, 0.4) is 0 Å². The molecule has 0 aliphatic heterocycles. The number of rotatable bonds is 4. The lowest BCUT2D eigenvalue weighted by molar-refractivity contribution is 0.478. The summed E-state index contributed by atoms with van der Waals surface area (Å²) in [4.78, 5) is 4.75. The minimum atomic E-state index is 0.181. The Kier molecular flexibility index (Phi) is 3.02. The van der Waals surface area contributed by atoms with Crippen molar-refractivity contribution in [1.82, 2.24) is 10.4 Å². The van der Waals surface area contributed by atoms with Gasteiger partial charge in [-0.1, -0.05) is 31.0 Å². The second-order valence-electron chi connectivity index (χ2n) is 5.28. The van der Waals surface area contributed by atoms with Gasteiger partial charge in [-0.2, -0.15) is 0 Å². The first-order chi connectivity index (χ1) is 8.78. The van der Waals surface area contributed by atoms with Crippen LogP contribution < -0.4 is 11.3 Å². The highest BCUT2D eigenvalue weighted by molar-refractivity contribution is 5.82. The maximum Gasteiger partial charge on any atom is 0.0708 e. The Hall–Kier alpha value is -1.45. The van der Waals surface area contributed by atoms with E-state index in [9.17, 15) is 0 Å². The van der Waals surface area contributed by atoms with E-state index in [1.807, 2.05) is 6.07 Å². The van der Waals surface area contributed by atoms with E-state index in [4.69, 9.17) is 10.8 Å². The zero-order valence-electron chi connectivity index (χ0n) is 10.7. The van der Waals surface area contributed by atoms with Crippen LogP contribution in [0.2, 0.25) is 0 Å². The van der Waals surface area contributed by atoms with E-state index in [1.54, 1.807) is 0 Å². The van der Waals surface area contributed by atoms with Crippen molar-refractivity contribution in [2.75, 3.05) is 0 Å². The Balaban J connectivity index is 1.99. The SMILES string of the molecule is Cc1cc(C(CC2CC2)NN)nc2ccccc12. The third-order valence-corrected chi connectivity index (χ3v) is 3.77. The first kappa shape index (κ1) is 11.6. The second kappa shape index (κ2) is 4.67. The van der Waals surface area contributed by atoms with Crippen LogP contribution in [-0.4, -0.2) is 4.98 Å². The number of pyridine rings is 1. The van der Waals surface area contributed by atoms with E-state index in [0.717, 1.165) is 23.5 Å². The van der Waals surface area contributed by atoms with Crippen LogP contribution in [0.25, 0.3) is 10.9 Å². The lowest BCUT2D eigenvalue weighted by Crippen LogP contribution is -2.29. The minimum Gasteiger partial charge on any atom is -0.271 e. The fraction of sp³-hybridized carbons (Fsp3) is 0.400. The van der Waals surface area contributed by atoms with Crippen molar-refractivity contribution in [3.63, 3.8) is 0 Å². The lowest BCUT2D eigenvalue weighted by atomic mass is 10.0. The minimum absolute atomic E-state index is 0.181. The zero-order chi connectivity index (χ0) is 12.5. The van der Waals surface area contributed by atoms with Crippen LogP contribution >= 0.6 is 0 Å². The number of benzene rings is 1. The van der Waals surface area contributed by atoms with Crippen LogP contribution in [-0.2, 0) is 0 Å². The molecule has 1 aromatic carbocycles. The Morgan fingerprint density at radius 2 is 2.17 bits per heavy atom. The van der Waals surface area contributed by atoms with Gasteiger partial charge in [0.05, 0.1) is 17.3 Å². The molecule has 1 unspecified atom stereocenters. The molecular formula is C15H19N3. The molecule has 2 aromatic rings. The van der Waals surface area contributed by atoms with Gasteiger partial charge in [-0.05, 0) is 37.0 Å². The molecule has 1 aliphatic carbocycles. The molecule has 1 fully saturated rings. The molecule has 1 aliphatic rings. The molecule has 3 nitrogen and oxygen atoms in total. The molecule has 1 heterocycles. The molecule has 0 radical (unpaired) electrons. The summed E-state index contributed by atoms with van der Waals surface area (Å²) in [5, 5.41) is 1.23. The van der Waals surface area contributed by atoms with Gasteiger partial charge in [-0.25, -0.2) is 0 Å². The molecule has 0 bridgehead atoms. The Bertz CT molecular complexity index is 561. The second-order valence-corrected chi connectivity index (χ2v) is 5.28. The average molecular weight is 241 g/mol. The number of hydrogen-bond donors (Lipinski definition) is 2. The predicted molar refractivity (Wildman–Crippen MR) is 73.9 cm³/mol. The monoisotopic (exact) mass is 241 g/mol. The number of hydrogen-bond acceptors (Lipinski definition) is 3. The van der Waals surface area contributed by atoms with Crippen molar-refractivity contribution in [3.05, 3.63) is 41.6 Å². The summed E-state index contributed by atoms with van der Waals surface area (Å²) in [6, 6.07) is 10.6. The molecule has 1 aromatic heterocycles. The smallest absolute Gasteiger partial charge is 0.0708 e. The molecule has 94 valence electrons. The summed E-state index contributed by atoms with van der Waals surface area (Å²) in [6.07, 6.45) is 3.77. The predicted octanol–water partition coefficient (Wildman–Crippen LogP) is 2.85. The van der Waals surface area contributed by atoms with Crippen molar-refractivity contribution in [2.45, 2.75) is 32.2 Å². The summed E-state index contributed by atoms with van der Waals surface area (Å²) >= 11 is 0. The average Bonchev–Trinajstić information content (AvgIpc) is 3.20. The van der Waals surface area contributed by atoms with Crippen molar-refractivity contribution < 1.29 is 0 Å². The van der Waals surface area contributed by atoms with Crippen LogP contribution in [0.5, 0.6) is 0 Å². The molecule has 0 amide bonds. The van der Waals surface area contributed by atoms with Crippen LogP contribution in [0.4, 0.5) is 0 Å². The van der Waals surface area contributed by atoms with Crippen LogP contribution in [0.1, 0.15) is 36.6 Å². The fourth-order valence-corrected chi connectivity index (χ4v) is 2.52. The zero-order valence-corrected chi connectivity index (χ0v) is 10.7. The molecule has 3 heteroatoms. The first-order valence-corrected chi connectivity index (χ1v) is 6.60. The largest absolute Gasteiger partial charge is 0.271 e. The highest BCUT2D eigenvalue weighted by Crippen LogP contribution is 2.37. The maximum absolute atomic E-state index is 5.69. The van der Waals surface area contributed by atoms with Crippen molar-refractivity contribution in [2.24, 2.45) is 11.8 Å². The van der Waals surface area contributed by atoms with E-state index in [2.05, 4.69) is 36.6 Å². The van der Waals surface area contributed by atoms with Gasteiger partial charge in [-0.3, -0.25) is 16.3 Å². The van der Waals surface area contributed by atoms with E-state index >= 15 is 0 Å². The third kappa shape index (κ3) is 2.24. The summed E-state index contributed by atoms with van der Waals surface area (Å²) < 4.78 is 0. The molecule has 1 atom stereocenters. The molecular weight excluding hydrogens is 222 g/mol. The van der Waals surface area contributed by atoms with Crippen molar-refractivity contribution in [3.8, 4) is 0 Å². The number of fused-ring (bicyclic) bond motifs is 1. The van der Waals surface area contributed by atoms with Crippen LogP contribution in [0.15, 0.2) is 30.3 Å². The number of nitrogens with one attached hydrogen (secondary N) is 1. The fourth-order valence-electron chi connectivity index (χ4n) is 2.52. The number of hydrazine groups is 1. The lowest BCUT2D eigenvalue weighted by Gasteiger charge is -2.16. The molecule has 0 saturated heterocycles. The summed E-state index contributed by atoms with van der Waals surface area (Å²) in [5.74, 6) is 6.52. The van der Waals surface area contributed by atoms with E-state index in [1.165, 1.54) is 23.8 Å². The Morgan fingerprint density at radius 1 is 1.39 bits per heavy atom. The third-order valence-electron chi connectivity index (χ3n) is 3.77. The van der Waals surface area contributed by atoms with Gasteiger partial charge in [0.25, 0.3) is 0 Å². The van der Waals surface area contributed by atoms with Gasteiger partial charge in [-0.15, -0.1) is 0 Å². The number of aromatic nitrogens is 1. The van der Waals surface area contributed by atoms with E-state index < -0.39 is 0 Å². The molecule has 3 N–H and O–H groups in total. The number of aryl methyl sites for hydroxylation is 1. The topological polar surface area (TPSA) is 50.9 Å². The molecule has 3 rings (SSSR count). The molecule has 18 heavy (non-hydrogen) atoms. The summed E-state index contributed by atoms with van der Waals surface area (Å²) in [5.41, 5.74) is 6.32. The normalized spacial score (nSPS) is 17.0. The first-order valence-electron chi connectivity index (χ1n) is 6.60. The van der Waals surface area contributed by atoms with E-state index in [0.29, 0.717) is 0 Å². The van der Waals surface area contributed by atoms with Gasteiger partial charge in [0.2, 0.25) is 0 Å². The van der Waals surface area contributed by atoms with Crippen molar-refractivity contribution >= 4 is 10.9 Å². The van der Waals surface area contributed by atoms with E-state index in [-0.39, 0.29) is 6.04 Å². The van der Waals surface area contributed by atoms with Gasteiger partial charge in [0.15, 0.2) is 0 Å². The Morgan fingerprint density at radius 3 is 2.89 bits per heavy atom. The maximum atomic E-state index is 5.69. The summed E-state index contributed by atoms with van der Waals surface area (Å²) in [6.45, 7) is 2.14. The highest BCUT2D eigenvalue weighted by Gasteiger charge is 2.26. The molecule has 1 saturated carbocycles. The highest BCUT2D eigenvalue weighted by atomic mass is 15.2. The number of nitrogens with two attached hydrogens (primary N) is 1. The molecule has 0 spiro atoms. The number of nitrogens with zero attached hydrogens (tertiary/aromatic N) is 1. The Labute approximate surface area is 107 Å². The van der Waals surface area contributed by atoms with Crippen LogP contribution in [0, 0.1) is 12.8 Å². The van der Waals surface area contributed by atoms with Gasteiger partial charge in [0.1, 0.15) is 0 Å². The van der Waals surface area contributed by atoms with Gasteiger partial charge >= 0.3 is 0 Å². The quantitative estimate of drug-likeness (QED) is 0.639. The summed E-state index contributed by atoms with van der Waals surface area (Å²) in [7, 11) is 0. The standard InChI is InChI=1S/C15H19N3/c1-10-8-14(15(18-16)9-11-6-7-11)17-13-5-3-2-4-12(10)13/h2-5,8,11,15,18H,6-7,9,16H2,1H3. The number of para-hydroxylation sites is 1. The van der Waals surface area contributed by atoms with Gasteiger partial charge in [0, 0.05) is 5.39 Å². The van der Waals surface area contributed by atoms with Gasteiger partial charge < -0.3 is 0 Å².